The molecule has 0 saturated heterocycles. The second-order valence-electron chi connectivity index (χ2n) is 2.88. The normalized spacial score (nSPS) is 36.2. The molecule has 0 spiro atoms. The van der Waals surface area contributed by atoms with Crippen LogP contribution in [0.5, 0.6) is 0 Å². The highest BCUT2D eigenvalue weighted by Crippen LogP contribution is 2.34. The monoisotopic (exact) mass is 137 g/mol. The van der Waals surface area contributed by atoms with Crippen LogP contribution in [0.4, 0.5) is 0 Å². The van der Waals surface area contributed by atoms with Crippen LogP contribution in [0.15, 0.2) is 5.16 Å². The first kappa shape index (κ1) is 7.14. The standard InChI is InChI=1S/C8H11NO/c1-3-8(2)6-4-5-7(8)9-10/h1,10H,4-6H2,2H3. The van der Waals surface area contributed by atoms with Gasteiger partial charge in [-0.1, -0.05) is 11.1 Å². The van der Waals surface area contributed by atoms with Gasteiger partial charge in [-0.25, -0.2) is 0 Å². The Labute approximate surface area is 60.9 Å². The van der Waals surface area contributed by atoms with E-state index in [1.54, 1.807) is 0 Å². The smallest absolute Gasteiger partial charge is 0.0748 e. The third-order valence-corrected chi connectivity index (χ3v) is 2.17. The highest BCUT2D eigenvalue weighted by Gasteiger charge is 2.33. The summed E-state index contributed by atoms with van der Waals surface area (Å²) in [6.45, 7) is 1.94. The highest BCUT2D eigenvalue weighted by molar-refractivity contribution is 5.93. The Hall–Kier alpha value is -0.970. The van der Waals surface area contributed by atoms with Gasteiger partial charge in [-0.15, -0.1) is 6.42 Å². The molecule has 1 fully saturated rings. The van der Waals surface area contributed by atoms with Crippen LogP contribution >= 0.6 is 0 Å². The Morgan fingerprint density at radius 2 is 2.50 bits per heavy atom. The molecule has 1 saturated carbocycles. The van der Waals surface area contributed by atoms with Crippen molar-refractivity contribution in [3.8, 4) is 12.3 Å². The van der Waals surface area contributed by atoms with E-state index in [-0.39, 0.29) is 5.41 Å². The molecule has 2 nitrogen and oxygen atoms in total. The predicted octanol–water partition coefficient (Wildman–Crippen LogP) is 1.64. The average molecular weight is 137 g/mol. The molecule has 1 aliphatic rings. The predicted molar refractivity (Wildman–Crippen MR) is 40.0 cm³/mol. The van der Waals surface area contributed by atoms with E-state index in [0.29, 0.717) is 0 Å². The lowest BCUT2D eigenvalue weighted by atomic mass is 9.89. The van der Waals surface area contributed by atoms with Gasteiger partial charge in [-0.2, -0.15) is 0 Å². The maximum Gasteiger partial charge on any atom is 0.0748 e. The highest BCUT2D eigenvalue weighted by atomic mass is 16.4. The van der Waals surface area contributed by atoms with Gasteiger partial charge in [0.2, 0.25) is 0 Å². The molecular weight excluding hydrogens is 126 g/mol. The summed E-state index contributed by atoms with van der Waals surface area (Å²) in [5.41, 5.74) is 0.490. The fourth-order valence-electron chi connectivity index (χ4n) is 1.35. The first-order valence-electron chi connectivity index (χ1n) is 3.42. The molecule has 1 atom stereocenters. The van der Waals surface area contributed by atoms with Crippen molar-refractivity contribution in [2.45, 2.75) is 26.2 Å². The van der Waals surface area contributed by atoms with Crippen LogP contribution in [-0.4, -0.2) is 10.9 Å². The fourth-order valence-corrected chi connectivity index (χ4v) is 1.35. The molecule has 2 heteroatoms. The van der Waals surface area contributed by atoms with Gasteiger partial charge in [0.15, 0.2) is 0 Å². The Kier molecular flexibility index (Phi) is 1.67. The molecule has 1 aliphatic carbocycles. The van der Waals surface area contributed by atoms with Crippen LogP contribution in [0.25, 0.3) is 0 Å². The first-order valence-corrected chi connectivity index (χ1v) is 3.42. The quantitative estimate of drug-likeness (QED) is 0.307. The number of rotatable bonds is 0. The lowest BCUT2D eigenvalue weighted by Gasteiger charge is -2.14. The number of oxime groups is 1. The van der Waals surface area contributed by atoms with E-state index in [1.165, 1.54) is 0 Å². The molecular formula is C8H11NO. The molecule has 0 aliphatic heterocycles. The van der Waals surface area contributed by atoms with Gasteiger partial charge in [-0.3, -0.25) is 0 Å². The molecule has 1 rings (SSSR count). The Morgan fingerprint density at radius 1 is 1.80 bits per heavy atom. The summed E-state index contributed by atoms with van der Waals surface area (Å²) in [6.07, 6.45) is 8.13. The van der Waals surface area contributed by atoms with Gasteiger partial charge in [-0.05, 0) is 26.2 Å². The van der Waals surface area contributed by atoms with E-state index < -0.39 is 0 Å². The molecule has 0 amide bonds. The topological polar surface area (TPSA) is 32.6 Å². The van der Waals surface area contributed by atoms with Crippen molar-refractivity contribution in [2.24, 2.45) is 10.6 Å². The van der Waals surface area contributed by atoms with E-state index in [1.807, 2.05) is 6.92 Å². The van der Waals surface area contributed by atoms with Crippen molar-refractivity contribution in [1.82, 2.24) is 0 Å². The maximum absolute atomic E-state index is 8.53. The minimum absolute atomic E-state index is 0.269. The van der Waals surface area contributed by atoms with Crippen molar-refractivity contribution >= 4 is 5.71 Å². The third kappa shape index (κ3) is 0.881. The summed E-state index contributed by atoms with van der Waals surface area (Å²) < 4.78 is 0. The van der Waals surface area contributed by atoms with Crippen LogP contribution in [-0.2, 0) is 0 Å². The van der Waals surface area contributed by atoms with Gasteiger partial charge in [0.25, 0.3) is 0 Å². The lowest BCUT2D eigenvalue weighted by molar-refractivity contribution is 0.313. The van der Waals surface area contributed by atoms with E-state index in [4.69, 9.17) is 11.6 Å². The first-order chi connectivity index (χ1) is 4.73. The van der Waals surface area contributed by atoms with E-state index in [9.17, 15) is 0 Å². The zero-order chi connectivity index (χ0) is 7.61. The zero-order valence-electron chi connectivity index (χ0n) is 6.09. The number of nitrogens with zero attached hydrogens (tertiary/aromatic N) is 1. The van der Waals surface area contributed by atoms with Crippen molar-refractivity contribution in [3.05, 3.63) is 0 Å². The van der Waals surface area contributed by atoms with Crippen LogP contribution in [0.2, 0.25) is 0 Å². The molecule has 0 radical (unpaired) electrons. The summed E-state index contributed by atoms with van der Waals surface area (Å²) in [7, 11) is 0. The van der Waals surface area contributed by atoms with Gasteiger partial charge in [0.05, 0.1) is 11.1 Å². The van der Waals surface area contributed by atoms with Gasteiger partial charge in [0.1, 0.15) is 0 Å². The maximum atomic E-state index is 8.53. The minimum atomic E-state index is -0.269. The molecule has 0 aromatic carbocycles. The molecule has 1 unspecified atom stereocenters. The summed E-state index contributed by atoms with van der Waals surface area (Å²) in [5.74, 6) is 2.65. The second kappa shape index (κ2) is 2.34. The van der Waals surface area contributed by atoms with E-state index in [0.717, 1.165) is 25.0 Å². The van der Waals surface area contributed by atoms with Gasteiger partial charge < -0.3 is 5.21 Å². The number of hydrogen-bond donors (Lipinski definition) is 1. The Balaban J connectivity index is 2.89. The number of terminal acetylenes is 1. The third-order valence-electron chi connectivity index (χ3n) is 2.17. The zero-order valence-corrected chi connectivity index (χ0v) is 6.09. The van der Waals surface area contributed by atoms with Crippen molar-refractivity contribution in [2.75, 3.05) is 0 Å². The van der Waals surface area contributed by atoms with Crippen LogP contribution in [0, 0.1) is 17.8 Å². The average Bonchev–Trinajstić information content (AvgIpc) is 2.32. The minimum Gasteiger partial charge on any atom is -0.411 e. The van der Waals surface area contributed by atoms with Crippen molar-refractivity contribution in [3.63, 3.8) is 0 Å². The summed E-state index contributed by atoms with van der Waals surface area (Å²) in [6, 6.07) is 0. The van der Waals surface area contributed by atoms with Crippen molar-refractivity contribution < 1.29 is 5.21 Å². The van der Waals surface area contributed by atoms with Crippen LogP contribution in [0.3, 0.4) is 0 Å². The fraction of sp³-hybridized carbons (Fsp3) is 0.625. The summed E-state index contributed by atoms with van der Waals surface area (Å²) in [4.78, 5) is 0. The molecule has 0 heterocycles. The molecule has 0 aromatic rings. The SMILES string of the molecule is C#CC1(C)CCCC1=NO. The Morgan fingerprint density at radius 3 is 2.90 bits per heavy atom. The molecule has 10 heavy (non-hydrogen) atoms. The molecule has 0 bridgehead atoms. The summed E-state index contributed by atoms with van der Waals surface area (Å²) >= 11 is 0. The molecule has 0 aromatic heterocycles. The van der Waals surface area contributed by atoms with E-state index >= 15 is 0 Å². The lowest BCUT2D eigenvalue weighted by Crippen LogP contribution is -2.18. The summed E-state index contributed by atoms with van der Waals surface area (Å²) in [5, 5.41) is 11.7. The van der Waals surface area contributed by atoms with Crippen molar-refractivity contribution in [1.29, 1.82) is 0 Å². The number of hydrogen-bond acceptors (Lipinski definition) is 2. The van der Waals surface area contributed by atoms with Gasteiger partial charge >= 0.3 is 0 Å². The second-order valence-corrected chi connectivity index (χ2v) is 2.88. The van der Waals surface area contributed by atoms with Crippen LogP contribution in [0.1, 0.15) is 26.2 Å². The molecule has 54 valence electrons. The Bertz CT molecular complexity index is 202. The molecule has 1 N–H and O–H groups in total. The van der Waals surface area contributed by atoms with Gasteiger partial charge in [0, 0.05) is 0 Å². The largest absolute Gasteiger partial charge is 0.411 e. The van der Waals surface area contributed by atoms with Crippen LogP contribution < -0.4 is 0 Å². The van der Waals surface area contributed by atoms with E-state index in [2.05, 4.69) is 11.1 Å².